The van der Waals surface area contributed by atoms with E-state index in [0.717, 1.165) is 12.2 Å². The summed E-state index contributed by atoms with van der Waals surface area (Å²) in [5.74, 6) is 1.57. The number of para-hydroxylation sites is 1. The van der Waals surface area contributed by atoms with Gasteiger partial charge in [-0.2, -0.15) is 5.26 Å². The lowest BCUT2D eigenvalue weighted by Crippen LogP contribution is -2.27. The molecule has 98 valence electrons. The summed E-state index contributed by atoms with van der Waals surface area (Å²) in [4.78, 5) is 0. The van der Waals surface area contributed by atoms with Crippen molar-refractivity contribution in [2.24, 2.45) is 17.6 Å². The quantitative estimate of drug-likeness (QED) is 0.808. The van der Waals surface area contributed by atoms with Crippen molar-refractivity contribution in [3.63, 3.8) is 0 Å². The molecule has 3 N–H and O–H groups in total. The highest BCUT2D eigenvalue weighted by molar-refractivity contribution is 5.66. The summed E-state index contributed by atoms with van der Waals surface area (Å²) in [6, 6.07) is 7.60. The molecule has 0 aliphatic carbocycles. The van der Waals surface area contributed by atoms with Gasteiger partial charge in [0.2, 0.25) is 0 Å². The summed E-state index contributed by atoms with van der Waals surface area (Å²) in [6.07, 6.45) is 0. The van der Waals surface area contributed by atoms with Crippen molar-refractivity contribution in [3.05, 3.63) is 23.8 Å². The first-order chi connectivity index (χ1) is 8.63. The van der Waals surface area contributed by atoms with Crippen molar-refractivity contribution in [1.29, 1.82) is 5.26 Å². The lowest BCUT2D eigenvalue weighted by atomic mass is 9.96. The first-order valence-corrected chi connectivity index (χ1v) is 6.15. The maximum atomic E-state index is 9.10. The Bertz CT molecular complexity index is 424. The Morgan fingerprint density at radius 1 is 1.44 bits per heavy atom. The number of nitriles is 1. The van der Waals surface area contributed by atoms with E-state index in [2.05, 4.69) is 25.2 Å². The lowest BCUT2D eigenvalue weighted by Gasteiger charge is -2.21. The van der Waals surface area contributed by atoms with Crippen molar-refractivity contribution in [1.82, 2.24) is 0 Å². The molecule has 18 heavy (non-hydrogen) atoms. The summed E-state index contributed by atoms with van der Waals surface area (Å²) < 4.78 is 5.27. The average Bonchev–Trinajstić information content (AvgIpc) is 2.38. The molecule has 0 fully saturated rings. The number of hydrogen-bond acceptors (Lipinski definition) is 4. The minimum absolute atomic E-state index is 0.376. The molecule has 1 atom stereocenters. The number of nitrogens with zero attached hydrogens (tertiary/aromatic N) is 1. The van der Waals surface area contributed by atoms with Crippen LogP contribution in [0.4, 0.5) is 5.69 Å². The van der Waals surface area contributed by atoms with Crippen molar-refractivity contribution < 1.29 is 4.74 Å². The van der Waals surface area contributed by atoms with Gasteiger partial charge in [-0.3, -0.25) is 0 Å². The molecule has 0 radical (unpaired) electrons. The van der Waals surface area contributed by atoms with Crippen LogP contribution in [0.2, 0.25) is 0 Å². The number of hydrogen-bond donors (Lipinski definition) is 2. The van der Waals surface area contributed by atoms with Crippen LogP contribution in [0.5, 0.6) is 5.75 Å². The van der Waals surface area contributed by atoms with Crippen LogP contribution in [-0.2, 0) is 0 Å². The fraction of sp³-hybridized carbons (Fsp3) is 0.500. The molecule has 1 unspecified atom stereocenters. The van der Waals surface area contributed by atoms with Gasteiger partial charge in [-0.05, 0) is 30.5 Å². The highest BCUT2D eigenvalue weighted by Crippen LogP contribution is 2.28. The smallest absolute Gasteiger partial charge is 0.143 e. The van der Waals surface area contributed by atoms with Gasteiger partial charge in [0.15, 0.2) is 0 Å². The number of ether oxygens (including phenoxy) is 1. The maximum absolute atomic E-state index is 9.10. The van der Waals surface area contributed by atoms with Gasteiger partial charge in [-0.1, -0.05) is 19.9 Å². The van der Waals surface area contributed by atoms with Gasteiger partial charge in [-0.15, -0.1) is 0 Å². The first-order valence-electron chi connectivity index (χ1n) is 6.15. The molecule has 0 saturated carbocycles. The Hall–Kier alpha value is -1.73. The Labute approximate surface area is 109 Å². The fourth-order valence-corrected chi connectivity index (χ4v) is 1.80. The first kappa shape index (κ1) is 14.3. The summed E-state index contributed by atoms with van der Waals surface area (Å²) in [5.41, 5.74) is 7.09. The summed E-state index contributed by atoms with van der Waals surface area (Å²) in [5, 5.41) is 12.4. The number of benzene rings is 1. The van der Waals surface area contributed by atoms with Crippen LogP contribution in [0.15, 0.2) is 18.2 Å². The molecule has 0 aliphatic heterocycles. The van der Waals surface area contributed by atoms with Crippen LogP contribution >= 0.6 is 0 Å². The molecular weight excluding hydrogens is 226 g/mol. The van der Waals surface area contributed by atoms with Crippen LogP contribution < -0.4 is 15.8 Å². The minimum atomic E-state index is 0.376. The molecule has 0 amide bonds. The van der Waals surface area contributed by atoms with E-state index in [9.17, 15) is 0 Å². The third-order valence-electron chi connectivity index (χ3n) is 3.15. The van der Waals surface area contributed by atoms with Gasteiger partial charge in [0, 0.05) is 6.54 Å². The predicted octanol–water partition coefficient (Wildman–Crippen LogP) is 2.21. The van der Waals surface area contributed by atoms with E-state index in [1.165, 1.54) is 0 Å². The predicted molar refractivity (Wildman–Crippen MR) is 73.6 cm³/mol. The number of rotatable bonds is 6. The Balaban J connectivity index is 2.86. The molecule has 0 bridgehead atoms. The minimum Gasteiger partial charge on any atom is -0.495 e. The molecule has 0 heterocycles. The highest BCUT2D eigenvalue weighted by atomic mass is 16.5. The van der Waals surface area contributed by atoms with Gasteiger partial charge < -0.3 is 15.8 Å². The van der Waals surface area contributed by atoms with Crippen LogP contribution in [-0.4, -0.2) is 20.2 Å². The molecule has 0 aromatic heterocycles. The zero-order valence-corrected chi connectivity index (χ0v) is 11.2. The van der Waals surface area contributed by atoms with Crippen LogP contribution in [0, 0.1) is 23.2 Å². The monoisotopic (exact) mass is 247 g/mol. The molecule has 0 saturated heterocycles. The van der Waals surface area contributed by atoms with E-state index in [1.807, 2.05) is 12.1 Å². The number of nitrogens with two attached hydrogens (primary N) is 1. The van der Waals surface area contributed by atoms with Crippen LogP contribution in [0.3, 0.4) is 0 Å². The summed E-state index contributed by atoms with van der Waals surface area (Å²) >= 11 is 0. The van der Waals surface area contributed by atoms with E-state index >= 15 is 0 Å². The third kappa shape index (κ3) is 3.38. The molecule has 4 heteroatoms. The molecule has 1 aromatic rings. The van der Waals surface area contributed by atoms with Gasteiger partial charge in [0.25, 0.3) is 0 Å². The van der Waals surface area contributed by atoms with Gasteiger partial charge in [0.1, 0.15) is 11.8 Å². The Morgan fingerprint density at radius 2 is 2.17 bits per heavy atom. The Morgan fingerprint density at radius 3 is 2.67 bits per heavy atom. The number of methoxy groups -OCH3 is 1. The largest absolute Gasteiger partial charge is 0.495 e. The van der Waals surface area contributed by atoms with E-state index in [1.54, 1.807) is 13.2 Å². The summed E-state index contributed by atoms with van der Waals surface area (Å²) in [6.45, 7) is 5.66. The normalized spacial score (nSPS) is 12.0. The second-order valence-electron chi connectivity index (χ2n) is 4.62. The maximum Gasteiger partial charge on any atom is 0.143 e. The number of anilines is 1. The van der Waals surface area contributed by atoms with Crippen molar-refractivity contribution in [3.8, 4) is 11.8 Å². The molecular formula is C14H21N3O. The van der Waals surface area contributed by atoms with Crippen molar-refractivity contribution >= 4 is 5.69 Å². The Kier molecular flexibility index (Phi) is 5.47. The SMILES string of the molecule is COc1cccc(C#N)c1NCC(CN)C(C)C. The van der Waals surface area contributed by atoms with E-state index < -0.39 is 0 Å². The standard InChI is InChI=1S/C14H21N3O/c1-10(2)12(8-16)9-17-14-11(7-15)5-4-6-13(14)18-3/h4-6,10,12,17H,8-9,16H2,1-3H3. The molecule has 0 spiro atoms. The second kappa shape index (κ2) is 6.87. The van der Waals surface area contributed by atoms with Crippen molar-refractivity contribution in [2.45, 2.75) is 13.8 Å². The van der Waals surface area contributed by atoms with Crippen LogP contribution in [0.25, 0.3) is 0 Å². The zero-order valence-electron chi connectivity index (χ0n) is 11.2. The topological polar surface area (TPSA) is 71.1 Å². The number of nitrogens with one attached hydrogen (secondary N) is 1. The highest BCUT2D eigenvalue weighted by Gasteiger charge is 2.14. The molecule has 4 nitrogen and oxygen atoms in total. The van der Waals surface area contributed by atoms with Gasteiger partial charge in [0.05, 0.1) is 18.4 Å². The van der Waals surface area contributed by atoms with Gasteiger partial charge >= 0.3 is 0 Å². The second-order valence-corrected chi connectivity index (χ2v) is 4.62. The van der Waals surface area contributed by atoms with Crippen LogP contribution in [0.1, 0.15) is 19.4 Å². The average molecular weight is 247 g/mol. The van der Waals surface area contributed by atoms with E-state index in [0.29, 0.717) is 29.7 Å². The van der Waals surface area contributed by atoms with E-state index in [-0.39, 0.29) is 0 Å². The summed E-state index contributed by atoms with van der Waals surface area (Å²) in [7, 11) is 1.60. The lowest BCUT2D eigenvalue weighted by molar-refractivity contribution is 0.405. The molecule has 1 aromatic carbocycles. The zero-order chi connectivity index (χ0) is 13.5. The van der Waals surface area contributed by atoms with E-state index in [4.69, 9.17) is 15.7 Å². The van der Waals surface area contributed by atoms with Gasteiger partial charge in [-0.25, -0.2) is 0 Å². The fourth-order valence-electron chi connectivity index (χ4n) is 1.80. The molecule has 0 aliphatic rings. The molecule has 1 rings (SSSR count). The third-order valence-corrected chi connectivity index (χ3v) is 3.15. The van der Waals surface area contributed by atoms with Crippen molar-refractivity contribution in [2.75, 3.05) is 25.5 Å².